The smallest absolute Gasteiger partial charge is 0.168 e. The number of nitrogens with zero attached hydrogens (tertiary/aromatic N) is 2. The number of hydrogen-bond acceptors (Lipinski definition) is 2. The first-order chi connectivity index (χ1) is 4.90. The van der Waals surface area contributed by atoms with Crippen molar-refractivity contribution in [2.45, 2.75) is 18.2 Å². The molecule has 2 rings (SSSR count). The molecule has 0 unspecified atom stereocenters. The van der Waals surface area contributed by atoms with Gasteiger partial charge in [0, 0.05) is 18.5 Å². The zero-order chi connectivity index (χ0) is 6.97. The van der Waals surface area contributed by atoms with Crippen LogP contribution in [0.3, 0.4) is 0 Å². The molecule has 2 heterocycles. The Bertz CT molecular complexity index is 222. The molecule has 1 aliphatic heterocycles. The first-order valence-electron chi connectivity index (χ1n) is 3.38. The van der Waals surface area contributed by atoms with Crippen LogP contribution in [0.2, 0.25) is 0 Å². The third-order valence-corrected chi connectivity index (χ3v) is 2.58. The lowest BCUT2D eigenvalue weighted by molar-refractivity contribution is -0.387. The van der Waals surface area contributed by atoms with E-state index in [0.29, 0.717) is 0 Å². The summed E-state index contributed by atoms with van der Waals surface area (Å²) in [4.78, 5) is 4.37. The van der Waals surface area contributed by atoms with Gasteiger partial charge in [0.15, 0.2) is 5.16 Å². The standard InChI is InChI=1S/C6H9N3S/c7-3-5-4-9-1-2-10-6(9)8-5/h4H,1-3,7H2/p+1. The summed E-state index contributed by atoms with van der Waals surface area (Å²) >= 11 is 1.83. The van der Waals surface area contributed by atoms with Crippen molar-refractivity contribution >= 4 is 11.8 Å². The Morgan fingerprint density at radius 3 is 3.40 bits per heavy atom. The molecule has 0 saturated heterocycles. The predicted octanol–water partition coefficient (Wildman–Crippen LogP) is -0.269. The highest BCUT2D eigenvalue weighted by Crippen LogP contribution is 2.23. The van der Waals surface area contributed by atoms with Gasteiger partial charge in [-0.25, -0.2) is 4.98 Å². The van der Waals surface area contributed by atoms with Crippen molar-refractivity contribution in [2.24, 2.45) is 0 Å². The Balaban J connectivity index is 2.37. The van der Waals surface area contributed by atoms with Gasteiger partial charge in [-0.15, -0.1) is 0 Å². The Morgan fingerprint density at radius 1 is 1.80 bits per heavy atom. The first-order valence-corrected chi connectivity index (χ1v) is 4.37. The van der Waals surface area contributed by atoms with E-state index < -0.39 is 0 Å². The summed E-state index contributed by atoms with van der Waals surface area (Å²) in [7, 11) is 0. The second-order valence-corrected chi connectivity index (χ2v) is 3.37. The van der Waals surface area contributed by atoms with E-state index in [2.05, 4.69) is 21.5 Å². The number of aryl methyl sites for hydroxylation is 1. The summed E-state index contributed by atoms with van der Waals surface area (Å²) in [6.45, 7) is 1.92. The third-order valence-electron chi connectivity index (χ3n) is 1.61. The molecule has 0 aliphatic carbocycles. The van der Waals surface area contributed by atoms with Gasteiger partial charge in [0.1, 0.15) is 12.2 Å². The van der Waals surface area contributed by atoms with Gasteiger partial charge in [-0.2, -0.15) is 0 Å². The van der Waals surface area contributed by atoms with Gasteiger partial charge in [-0.1, -0.05) is 11.8 Å². The number of thioether (sulfide) groups is 1. The van der Waals surface area contributed by atoms with E-state index in [4.69, 9.17) is 0 Å². The second-order valence-electron chi connectivity index (χ2n) is 2.31. The van der Waals surface area contributed by atoms with E-state index in [9.17, 15) is 0 Å². The van der Waals surface area contributed by atoms with Crippen molar-refractivity contribution < 1.29 is 5.73 Å². The normalized spacial score (nSPS) is 15.7. The Kier molecular flexibility index (Phi) is 1.43. The van der Waals surface area contributed by atoms with Crippen molar-refractivity contribution in [2.75, 3.05) is 5.75 Å². The summed E-state index contributed by atoms with van der Waals surface area (Å²) in [6, 6.07) is 0. The van der Waals surface area contributed by atoms with Gasteiger partial charge in [-0.05, 0) is 0 Å². The van der Waals surface area contributed by atoms with Crippen LogP contribution >= 0.6 is 11.8 Å². The Labute approximate surface area is 63.6 Å². The minimum Gasteiger partial charge on any atom is -0.352 e. The number of hydrogen-bond donors (Lipinski definition) is 1. The van der Waals surface area contributed by atoms with Crippen molar-refractivity contribution in [3.05, 3.63) is 11.9 Å². The molecular formula is C6H10N3S+. The molecular weight excluding hydrogens is 146 g/mol. The fourth-order valence-electron chi connectivity index (χ4n) is 1.08. The topological polar surface area (TPSA) is 45.5 Å². The van der Waals surface area contributed by atoms with Gasteiger partial charge >= 0.3 is 0 Å². The molecule has 54 valence electrons. The molecule has 0 saturated carbocycles. The van der Waals surface area contributed by atoms with Gasteiger partial charge in [0.25, 0.3) is 0 Å². The van der Waals surface area contributed by atoms with Crippen molar-refractivity contribution in [1.82, 2.24) is 9.55 Å². The lowest BCUT2D eigenvalue weighted by atomic mass is 10.5. The average Bonchev–Trinajstić information content (AvgIpc) is 2.42. The lowest BCUT2D eigenvalue weighted by Gasteiger charge is -1.87. The molecule has 1 aliphatic rings. The largest absolute Gasteiger partial charge is 0.352 e. The highest BCUT2D eigenvalue weighted by molar-refractivity contribution is 7.99. The predicted molar refractivity (Wildman–Crippen MR) is 39.5 cm³/mol. The van der Waals surface area contributed by atoms with E-state index in [1.165, 1.54) is 10.9 Å². The quantitative estimate of drug-likeness (QED) is 0.608. The van der Waals surface area contributed by atoms with Gasteiger partial charge in [-0.3, -0.25) is 0 Å². The molecule has 0 spiro atoms. The number of aromatic nitrogens is 2. The van der Waals surface area contributed by atoms with E-state index in [-0.39, 0.29) is 0 Å². The minimum absolute atomic E-state index is 0.806. The van der Waals surface area contributed by atoms with Crippen LogP contribution in [0.15, 0.2) is 11.4 Å². The zero-order valence-electron chi connectivity index (χ0n) is 5.71. The van der Waals surface area contributed by atoms with E-state index >= 15 is 0 Å². The van der Waals surface area contributed by atoms with Crippen molar-refractivity contribution in [3.8, 4) is 0 Å². The van der Waals surface area contributed by atoms with Crippen LogP contribution in [0.1, 0.15) is 5.69 Å². The van der Waals surface area contributed by atoms with Crippen LogP contribution in [0.4, 0.5) is 0 Å². The molecule has 0 radical (unpaired) electrons. The van der Waals surface area contributed by atoms with Crippen molar-refractivity contribution in [3.63, 3.8) is 0 Å². The molecule has 0 fully saturated rings. The minimum atomic E-state index is 0.806. The van der Waals surface area contributed by atoms with Crippen LogP contribution in [0, 0.1) is 0 Å². The van der Waals surface area contributed by atoms with Gasteiger partial charge in [0.05, 0.1) is 0 Å². The number of rotatable bonds is 1. The number of imidazole rings is 1. The highest BCUT2D eigenvalue weighted by Gasteiger charge is 2.13. The zero-order valence-corrected chi connectivity index (χ0v) is 6.52. The number of quaternary nitrogens is 1. The fourth-order valence-corrected chi connectivity index (χ4v) is 2.04. The van der Waals surface area contributed by atoms with E-state index in [1.54, 1.807) is 0 Å². The van der Waals surface area contributed by atoms with Crippen LogP contribution in [0.5, 0.6) is 0 Å². The second kappa shape index (κ2) is 2.29. The maximum absolute atomic E-state index is 4.37. The van der Waals surface area contributed by atoms with E-state index in [1.807, 2.05) is 11.8 Å². The monoisotopic (exact) mass is 156 g/mol. The summed E-state index contributed by atoms with van der Waals surface area (Å²) in [5, 5.41) is 1.17. The maximum atomic E-state index is 4.37. The Hall–Kier alpha value is -0.480. The molecule has 3 N–H and O–H groups in total. The molecule has 0 atom stereocenters. The summed E-state index contributed by atoms with van der Waals surface area (Å²) < 4.78 is 2.20. The van der Waals surface area contributed by atoms with Gasteiger partial charge in [0.2, 0.25) is 0 Å². The third kappa shape index (κ3) is 0.839. The summed E-state index contributed by atoms with van der Waals surface area (Å²) in [5.41, 5.74) is 4.90. The number of fused-ring (bicyclic) bond motifs is 1. The van der Waals surface area contributed by atoms with E-state index in [0.717, 1.165) is 18.8 Å². The molecule has 4 heteroatoms. The first kappa shape index (κ1) is 6.24. The molecule has 10 heavy (non-hydrogen) atoms. The summed E-state index contributed by atoms with van der Waals surface area (Å²) in [5.74, 6) is 1.18. The van der Waals surface area contributed by atoms with Crippen LogP contribution in [0.25, 0.3) is 0 Å². The average molecular weight is 156 g/mol. The molecule has 1 aromatic heterocycles. The molecule has 3 nitrogen and oxygen atoms in total. The van der Waals surface area contributed by atoms with Gasteiger partial charge < -0.3 is 10.3 Å². The fraction of sp³-hybridized carbons (Fsp3) is 0.500. The maximum Gasteiger partial charge on any atom is 0.168 e. The highest BCUT2D eigenvalue weighted by atomic mass is 32.2. The van der Waals surface area contributed by atoms with Crippen LogP contribution < -0.4 is 5.73 Å². The lowest BCUT2D eigenvalue weighted by Crippen LogP contribution is -2.47. The van der Waals surface area contributed by atoms with Crippen LogP contribution in [-0.2, 0) is 13.1 Å². The summed E-state index contributed by atoms with van der Waals surface area (Å²) in [6.07, 6.45) is 2.10. The van der Waals surface area contributed by atoms with Crippen molar-refractivity contribution in [1.29, 1.82) is 0 Å². The molecule has 1 aromatic rings. The SMILES string of the molecule is [NH3+]Cc1cn2c(n1)SCC2. The molecule has 0 bridgehead atoms. The van der Waals surface area contributed by atoms with Crippen LogP contribution in [-0.4, -0.2) is 15.3 Å². The molecule has 0 amide bonds. The molecule has 0 aromatic carbocycles. The Morgan fingerprint density at radius 2 is 2.70 bits per heavy atom.